The van der Waals surface area contributed by atoms with Crippen molar-refractivity contribution in [3.8, 4) is 111 Å². The second-order valence-corrected chi connectivity index (χ2v) is 24.4. The van der Waals surface area contributed by atoms with Gasteiger partial charge in [-0.2, -0.15) is 0 Å². The number of anilines is 6. The van der Waals surface area contributed by atoms with E-state index >= 15 is 0 Å². The highest BCUT2D eigenvalue weighted by Crippen LogP contribution is 2.44. The first-order chi connectivity index (χ1) is 48.6. The summed E-state index contributed by atoms with van der Waals surface area (Å²) in [6, 6.07) is 152. The Bertz CT molecular complexity index is 5200. The molecule has 0 heterocycles. The van der Waals surface area contributed by atoms with Gasteiger partial charge >= 0.3 is 0 Å². The van der Waals surface area contributed by atoms with E-state index in [0.717, 1.165) is 34.1 Å². The molecule has 16 aromatic rings. The van der Waals surface area contributed by atoms with Crippen molar-refractivity contribution >= 4 is 34.1 Å². The van der Waals surface area contributed by atoms with E-state index in [1.807, 2.05) is 0 Å². The van der Waals surface area contributed by atoms with Crippen LogP contribution in [0, 0.1) is 0 Å². The second-order valence-electron chi connectivity index (χ2n) is 24.4. The van der Waals surface area contributed by atoms with Crippen molar-refractivity contribution in [3.63, 3.8) is 0 Å². The molecule has 0 radical (unpaired) electrons. The zero-order chi connectivity index (χ0) is 65.7. The molecule has 0 aromatic heterocycles. The summed E-state index contributed by atoms with van der Waals surface area (Å²) >= 11 is 0. The van der Waals surface area contributed by atoms with Gasteiger partial charge in [0.25, 0.3) is 0 Å². The van der Waals surface area contributed by atoms with E-state index in [2.05, 4.69) is 434 Å². The number of rotatable bonds is 16. The molecule has 0 bridgehead atoms. The SMILES string of the molecule is c1ccc(-c2ccc(-c3ccc(N(c4cccc(-c5cccc(-c6ccccc6)c5)c4)c4cccc(-c5ccccc5-c5ccccc5)c4)cc3)cc2)cc1.c1ccc(-c2cccc(N(c3cccc(-c4ccccc4)c3)c3cccc(-c4ccccc4-c4ccccc4)c3)c2)cc1. The summed E-state index contributed by atoms with van der Waals surface area (Å²) < 4.78 is 0. The predicted octanol–water partition coefficient (Wildman–Crippen LogP) is 27.0. The third-order valence-corrected chi connectivity index (χ3v) is 18.1. The Hall–Kier alpha value is -12.9. The largest absolute Gasteiger partial charge is 0.310 e. The Morgan fingerprint density at radius 3 is 0.612 bits per heavy atom. The number of hydrogen-bond donors (Lipinski definition) is 0. The summed E-state index contributed by atoms with van der Waals surface area (Å²) in [7, 11) is 0. The third kappa shape index (κ3) is 13.9. The monoisotopic (exact) mass is 1250 g/mol. The molecule has 0 aliphatic heterocycles. The molecule has 98 heavy (non-hydrogen) atoms. The van der Waals surface area contributed by atoms with Crippen LogP contribution in [-0.2, 0) is 0 Å². The third-order valence-electron chi connectivity index (χ3n) is 18.1. The standard InChI is InChI=1S/C54H39N.C42H31N/c1-4-15-40(16-5-1)42-29-31-43(32-30-42)44-33-35-50(36-34-44)55(51-25-13-23-48(38-51)47-22-12-21-46(37-47)41-17-6-2-7-18-41)52-26-14-24-49(39-52)54-28-11-10-27-53(54)45-19-8-3-9-20-45;1-4-15-32(16-5-1)35-21-12-24-38(29-35)43(39-25-13-22-36(30-39)33-17-6-2-7-18-33)40-26-14-23-37(31-40)42-28-11-10-27-41(42)34-19-8-3-9-20-34/h1-39H;1-31H. The fourth-order valence-corrected chi connectivity index (χ4v) is 13.3. The zero-order valence-electron chi connectivity index (χ0n) is 54.3. The van der Waals surface area contributed by atoms with Crippen LogP contribution in [0.5, 0.6) is 0 Å². The minimum Gasteiger partial charge on any atom is -0.310 e. The highest BCUT2D eigenvalue weighted by Gasteiger charge is 2.19. The van der Waals surface area contributed by atoms with Crippen molar-refractivity contribution in [1.29, 1.82) is 0 Å². The van der Waals surface area contributed by atoms with Gasteiger partial charge in [0.05, 0.1) is 0 Å². The Balaban J connectivity index is 0.000000165. The number of nitrogens with zero attached hydrogens (tertiary/aromatic N) is 2. The van der Waals surface area contributed by atoms with Crippen LogP contribution in [-0.4, -0.2) is 0 Å². The van der Waals surface area contributed by atoms with Crippen molar-refractivity contribution in [2.45, 2.75) is 0 Å². The smallest absolute Gasteiger partial charge is 0.0467 e. The van der Waals surface area contributed by atoms with E-state index in [0.29, 0.717) is 0 Å². The molecule has 0 unspecified atom stereocenters. The normalized spacial score (nSPS) is 10.9. The van der Waals surface area contributed by atoms with Crippen molar-refractivity contribution in [2.24, 2.45) is 0 Å². The molecule has 0 atom stereocenters. The van der Waals surface area contributed by atoms with Gasteiger partial charge < -0.3 is 9.80 Å². The van der Waals surface area contributed by atoms with Gasteiger partial charge in [0.2, 0.25) is 0 Å². The molecule has 0 amide bonds. The Morgan fingerprint density at radius 1 is 0.102 bits per heavy atom. The van der Waals surface area contributed by atoms with Crippen LogP contribution in [0.4, 0.5) is 34.1 Å². The number of hydrogen-bond acceptors (Lipinski definition) is 2. The van der Waals surface area contributed by atoms with Crippen molar-refractivity contribution < 1.29 is 0 Å². The molecular weight excluding hydrogens is 1180 g/mol. The molecule has 2 nitrogen and oxygen atoms in total. The quantitative estimate of drug-likeness (QED) is 0.0951. The first-order valence-corrected chi connectivity index (χ1v) is 33.5. The molecule has 2 heteroatoms. The molecule has 0 fully saturated rings. The molecule has 16 rings (SSSR count). The van der Waals surface area contributed by atoms with E-state index < -0.39 is 0 Å². The first-order valence-electron chi connectivity index (χ1n) is 33.5. The highest BCUT2D eigenvalue weighted by molar-refractivity contribution is 5.91. The van der Waals surface area contributed by atoms with Gasteiger partial charge in [-0.05, 0) is 190 Å². The zero-order valence-corrected chi connectivity index (χ0v) is 54.3. The summed E-state index contributed by atoms with van der Waals surface area (Å²) in [6.45, 7) is 0. The molecule has 16 aromatic carbocycles. The molecule has 0 aliphatic rings. The van der Waals surface area contributed by atoms with Crippen LogP contribution in [0.25, 0.3) is 111 Å². The Labute approximate surface area is 576 Å². The van der Waals surface area contributed by atoms with Crippen LogP contribution in [0.2, 0.25) is 0 Å². The van der Waals surface area contributed by atoms with Crippen LogP contribution in [0.15, 0.2) is 425 Å². The Kier molecular flexibility index (Phi) is 18.3. The van der Waals surface area contributed by atoms with Gasteiger partial charge in [0.1, 0.15) is 0 Å². The lowest BCUT2D eigenvalue weighted by Gasteiger charge is -2.27. The van der Waals surface area contributed by atoms with Gasteiger partial charge in [-0.25, -0.2) is 0 Å². The molecule has 0 spiro atoms. The summed E-state index contributed by atoms with van der Waals surface area (Å²) in [4.78, 5) is 4.75. The van der Waals surface area contributed by atoms with Gasteiger partial charge in [-0.3, -0.25) is 0 Å². The average Bonchev–Trinajstić information content (AvgIpc) is 0.797. The van der Waals surface area contributed by atoms with E-state index in [4.69, 9.17) is 0 Å². The van der Waals surface area contributed by atoms with Crippen LogP contribution >= 0.6 is 0 Å². The lowest BCUT2D eigenvalue weighted by atomic mass is 9.94. The first kappa shape index (κ1) is 61.3. The Morgan fingerprint density at radius 2 is 0.286 bits per heavy atom. The fourth-order valence-electron chi connectivity index (χ4n) is 13.3. The van der Waals surface area contributed by atoms with Crippen LogP contribution in [0.1, 0.15) is 0 Å². The van der Waals surface area contributed by atoms with Gasteiger partial charge in [0.15, 0.2) is 0 Å². The lowest BCUT2D eigenvalue weighted by Crippen LogP contribution is -2.10. The second kappa shape index (κ2) is 29.2. The van der Waals surface area contributed by atoms with Gasteiger partial charge in [-0.1, -0.05) is 346 Å². The molecular formula is C96H70N2. The van der Waals surface area contributed by atoms with Crippen LogP contribution in [0.3, 0.4) is 0 Å². The minimum absolute atomic E-state index is 1.09. The maximum absolute atomic E-state index is 2.38. The lowest BCUT2D eigenvalue weighted by molar-refractivity contribution is 1.28. The summed E-state index contributed by atoms with van der Waals surface area (Å²) in [6.07, 6.45) is 0. The summed E-state index contributed by atoms with van der Waals surface area (Å²) in [5, 5.41) is 0. The average molecular weight is 1250 g/mol. The van der Waals surface area contributed by atoms with Crippen molar-refractivity contribution in [2.75, 3.05) is 9.80 Å². The van der Waals surface area contributed by atoms with E-state index in [-0.39, 0.29) is 0 Å². The minimum atomic E-state index is 1.09. The highest BCUT2D eigenvalue weighted by atomic mass is 15.1. The van der Waals surface area contributed by atoms with E-state index in [1.165, 1.54) is 111 Å². The van der Waals surface area contributed by atoms with Crippen molar-refractivity contribution in [3.05, 3.63) is 425 Å². The maximum atomic E-state index is 2.38. The molecule has 0 saturated carbocycles. The molecule has 464 valence electrons. The fraction of sp³-hybridized carbons (Fsp3) is 0. The summed E-state index contributed by atoms with van der Waals surface area (Å²) in [5.41, 5.74) is 30.6. The van der Waals surface area contributed by atoms with Gasteiger partial charge in [-0.15, -0.1) is 0 Å². The maximum Gasteiger partial charge on any atom is 0.0467 e. The van der Waals surface area contributed by atoms with E-state index in [9.17, 15) is 0 Å². The molecule has 0 N–H and O–H groups in total. The molecule has 0 saturated heterocycles. The topological polar surface area (TPSA) is 6.48 Å². The van der Waals surface area contributed by atoms with Crippen LogP contribution < -0.4 is 9.80 Å². The number of benzene rings is 16. The van der Waals surface area contributed by atoms with E-state index in [1.54, 1.807) is 0 Å². The van der Waals surface area contributed by atoms with Gasteiger partial charge in [0, 0.05) is 34.1 Å². The van der Waals surface area contributed by atoms with Crippen molar-refractivity contribution in [1.82, 2.24) is 0 Å². The predicted molar refractivity (Wildman–Crippen MR) is 417 cm³/mol. The summed E-state index contributed by atoms with van der Waals surface area (Å²) in [5.74, 6) is 0. The molecule has 0 aliphatic carbocycles.